The van der Waals surface area contributed by atoms with Gasteiger partial charge in [0.15, 0.2) is 11.5 Å². The summed E-state index contributed by atoms with van der Waals surface area (Å²) in [7, 11) is 0. The molecule has 1 aliphatic heterocycles. The van der Waals surface area contributed by atoms with Crippen LogP contribution in [0.1, 0.15) is 23.3 Å². The van der Waals surface area contributed by atoms with Crippen LogP contribution in [-0.4, -0.2) is 45.0 Å². The van der Waals surface area contributed by atoms with Crippen LogP contribution in [0.15, 0.2) is 54.9 Å². The fourth-order valence-electron chi connectivity index (χ4n) is 3.23. The fourth-order valence-corrected chi connectivity index (χ4v) is 3.23. The van der Waals surface area contributed by atoms with Gasteiger partial charge in [-0.25, -0.2) is 9.07 Å². The summed E-state index contributed by atoms with van der Waals surface area (Å²) in [6, 6.07) is 11.5. The first-order valence-electron chi connectivity index (χ1n) is 8.84. The molecule has 0 radical (unpaired) electrons. The van der Waals surface area contributed by atoms with Crippen LogP contribution in [0.4, 0.5) is 10.2 Å². The Morgan fingerprint density at radius 2 is 2.15 bits per heavy atom. The third-order valence-corrected chi connectivity index (χ3v) is 4.53. The molecule has 1 saturated heterocycles. The van der Waals surface area contributed by atoms with Crippen LogP contribution in [0, 0.1) is 5.82 Å². The summed E-state index contributed by atoms with van der Waals surface area (Å²) in [5.41, 5.74) is 0.872. The normalized spacial score (nSPS) is 16.9. The number of hydrogen-bond acceptors (Lipinski definition) is 5. The van der Waals surface area contributed by atoms with Crippen molar-refractivity contribution < 1.29 is 9.18 Å². The Hall–Kier alpha value is -3.29. The van der Waals surface area contributed by atoms with Crippen molar-refractivity contribution in [2.75, 3.05) is 18.0 Å². The lowest BCUT2D eigenvalue weighted by Crippen LogP contribution is -2.48. The molecule has 0 aliphatic carbocycles. The predicted molar refractivity (Wildman–Crippen MR) is 98.3 cm³/mol. The quantitative estimate of drug-likeness (QED) is 0.766. The van der Waals surface area contributed by atoms with Crippen molar-refractivity contribution >= 4 is 11.7 Å². The van der Waals surface area contributed by atoms with Crippen molar-refractivity contribution in [1.29, 1.82) is 0 Å². The molecule has 1 N–H and O–H groups in total. The van der Waals surface area contributed by atoms with Gasteiger partial charge in [-0.05, 0) is 49.2 Å². The van der Waals surface area contributed by atoms with E-state index < -0.39 is 0 Å². The van der Waals surface area contributed by atoms with Crippen molar-refractivity contribution in [2.24, 2.45) is 0 Å². The van der Waals surface area contributed by atoms with E-state index in [4.69, 9.17) is 0 Å². The molecule has 7 nitrogen and oxygen atoms in total. The highest BCUT2D eigenvalue weighted by Gasteiger charge is 2.23. The molecule has 8 heteroatoms. The van der Waals surface area contributed by atoms with E-state index in [1.165, 1.54) is 16.8 Å². The fraction of sp³-hybridized carbons (Fsp3) is 0.263. The molecular formula is C19H19FN6O. The zero-order valence-corrected chi connectivity index (χ0v) is 14.6. The Balaban J connectivity index is 1.42. The van der Waals surface area contributed by atoms with E-state index in [-0.39, 0.29) is 17.8 Å². The first-order valence-corrected chi connectivity index (χ1v) is 8.84. The van der Waals surface area contributed by atoms with Crippen molar-refractivity contribution in [3.63, 3.8) is 0 Å². The molecule has 0 saturated carbocycles. The van der Waals surface area contributed by atoms with Crippen LogP contribution in [0.25, 0.3) is 5.69 Å². The number of amides is 1. The average molecular weight is 366 g/mol. The van der Waals surface area contributed by atoms with Crippen LogP contribution < -0.4 is 10.2 Å². The summed E-state index contributed by atoms with van der Waals surface area (Å²) >= 11 is 0. The van der Waals surface area contributed by atoms with Gasteiger partial charge < -0.3 is 10.2 Å². The van der Waals surface area contributed by atoms with Crippen LogP contribution in [0.3, 0.4) is 0 Å². The number of carbonyl (C=O) groups is 1. The highest BCUT2D eigenvalue weighted by atomic mass is 19.1. The van der Waals surface area contributed by atoms with Crippen molar-refractivity contribution in [2.45, 2.75) is 18.9 Å². The topological polar surface area (TPSA) is 75.9 Å². The molecule has 3 aromatic rings. The first-order chi connectivity index (χ1) is 13.2. The smallest absolute Gasteiger partial charge is 0.272 e. The van der Waals surface area contributed by atoms with Crippen molar-refractivity contribution in [3.05, 3.63) is 66.4 Å². The highest BCUT2D eigenvalue weighted by molar-refractivity contribution is 5.92. The number of anilines is 1. The van der Waals surface area contributed by atoms with E-state index in [9.17, 15) is 9.18 Å². The number of aromatic nitrogens is 4. The van der Waals surface area contributed by atoms with Crippen LogP contribution in [0.5, 0.6) is 0 Å². The molecule has 0 spiro atoms. The molecule has 4 rings (SSSR count). The summed E-state index contributed by atoms with van der Waals surface area (Å²) in [5.74, 6) is 0.225. The van der Waals surface area contributed by atoms with E-state index in [2.05, 4.69) is 25.5 Å². The van der Waals surface area contributed by atoms with Gasteiger partial charge in [-0.15, -0.1) is 5.10 Å². The monoisotopic (exact) mass is 366 g/mol. The molecule has 138 valence electrons. The number of benzene rings is 1. The average Bonchev–Trinajstić information content (AvgIpc) is 3.19. The third kappa shape index (κ3) is 3.94. The largest absolute Gasteiger partial charge is 0.353 e. The lowest BCUT2D eigenvalue weighted by Gasteiger charge is -2.33. The molecular weight excluding hydrogens is 347 g/mol. The minimum Gasteiger partial charge on any atom is -0.353 e. The number of piperidine rings is 1. The molecule has 3 heterocycles. The lowest BCUT2D eigenvalue weighted by atomic mass is 10.1. The van der Waals surface area contributed by atoms with Gasteiger partial charge in [0.1, 0.15) is 5.82 Å². The summed E-state index contributed by atoms with van der Waals surface area (Å²) in [6.45, 7) is 1.56. The Kier molecular flexibility index (Phi) is 4.78. The minimum absolute atomic E-state index is 0.00701. The minimum atomic E-state index is -0.347. The first kappa shape index (κ1) is 17.1. The number of nitrogens with zero attached hydrogens (tertiary/aromatic N) is 5. The van der Waals surface area contributed by atoms with Gasteiger partial charge in [0, 0.05) is 31.5 Å². The number of hydrogen-bond donors (Lipinski definition) is 1. The summed E-state index contributed by atoms with van der Waals surface area (Å²) in [4.78, 5) is 14.7. The predicted octanol–water partition coefficient (Wildman–Crippen LogP) is 2.20. The van der Waals surface area contributed by atoms with Crippen LogP contribution >= 0.6 is 0 Å². The Morgan fingerprint density at radius 1 is 1.22 bits per heavy atom. The summed E-state index contributed by atoms with van der Waals surface area (Å²) in [5, 5.41) is 15.3. The van der Waals surface area contributed by atoms with Gasteiger partial charge in [0.2, 0.25) is 0 Å². The molecule has 1 fully saturated rings. The summed E-state index contributed by atoms with van der Waals surface area (Å²) < 4.78 is 14.9. The second-order valence-electron chi connectivity index (χ2n) is 6.47. The van der Waals surface area contributed by atoms with E-state index in [0.29, 0.717) is 17.9 Å². The lowest BCUT2D eigenvalue weighted by molar-refractivity contribution is 0.0927. The van der Waals surface area contributed by atoms with E-state index in [1.54, 1.807) is 30.6 Å². The molecule has 1 aliphatic rings. The molecule has 2 aromatic heterocycles. The van der Waals surface area contributed by atoms with E-state index >= 15 is 0 Å². The van der Waals surface area contributed by atoms with Gasteiger partial charge in [-0.3, -0.25) is 4.79 Å². The molecule has 27 heavy (non-hydrogen) atoms. The molecule has 0 bridgehead atoms. The Morgan fingerprint density at radius 3 is 2.96 bits per heavy atom. The molecule has 1 unspecified atom stereocenters. The highest BCUT2D eigenvalue weighted by Crippen LogP contribution is 2.17. The maximum Gasteiger partial charge on any atom is 0.272 e. The third-order valence-electron chi connectivity index (χ3n) is 4.53. The summed E-state index contributed by atoms with van der Waals surface area (Å²) in [6.07, 6.45) is 5.14. The number of halogens is 1. The molecule has 1 amide bonds. The second kappa shape index (κ2) is 7.53. The Labute approximate surface area is 155 Å². The van der Waals surface area contributed by atoms with Crippen molar-refractivity contribution in [3.8, 4) is 5.69 Å². The van der Waals surface area contributed by atoms with Gasteiger partial charge in [0.25, 0.3) is 5.91 Å². The van der Waals surface area contributed by atoms with Gasteiger partial charge in [-0.2, -0.15) is 10.2 Å². The van der Waals surface area contributed by atoms with E-state index in [1.807, 2.05) is 12.1 Å². The van der Waals surface area contributed by atoms with Crippen LogP contribution in [0.2, 0.25) is 0 Å². The van der Waals surface area contributed by atoms with Crippen LogP contribution in [-0.2, 0) is 0 Å². The van der Waals surface area contributed by atoms with Gasteiger partial charge in [-0.1, -0.05) is 6.07 Å². The van der Waals surface area contributed by atoms with Gasteiger partial charge >= 0.3 is 0 Å². The standard InChI is InChI=1S/C19H19FN6O/c20-14-4-1-6-16(12-14)26-11-8-17(24-26)19(27)22-15-5-3-10-25(13-15)18-7-2-9-21-23-18/h1-2,4,6-9,11-12,15H,3,5,10,13H2,(H,22,27). The maximum atomic E-state index is 13.4. The zero-order valence-electron chi connectivity index (χ0n) is 14.6. The molecule has 1 aromatic carbocycles. The van der Waals surface area contributed by atoms with Gasteiger partial charge in [0.05, 0.1) is 5.69 Å². The number of nitrogens with one attached hydrogen (secondary N) is 1. The second-order valence-corrected chi connectivity index (χ2v) is 6.47. The SMILES string of the molecule is O=C(NC1CCCN(c2cccnn2)C1)c1ccn(-c2cccc(F)c2)n1. The van der Waals surface area contributed by atoms with E-state index in [0.717, 1.165) is 25.2 Å². The zero-order chi connectivity index (χ0) is 18.6. The molecule has 1 atom stereocenters. The van der Waals surface area contributed by atoms with Crippen molar-refractivity contribution in [1.82, 2.24) is 25.3 Å². The Bertz CT molecular complexity index is 929. The number of carbonyl (C=O) groups excluding carboxylic acids is 1. The maximum absolute atomic E-state index is 13.4. The number of rotatable bonds is 4.